The van der Waals surface area contributed by atoms with Gasteiger partial charge in [-0.2, -0.15) is 0 Å². The van der Waals surface area contributed by atoms with E-state index >= 15 is 0 Å². The average Bonchev–Trinajstić information content (AvgIpc) is 3.04. The van der Waals surface area contributed by atoms with Crippen LogP contribution in [0.5, 0.6) is 0 Å². The molecule has 2 aliphatic heterocycles. The monoisotopic (exact) mass is 273 g/mol. The first-order valence-corrected chi connectivity index (χ1v) is 7.52. The van der Waals surface area contributed by atoms with Crippen LogP contribution in [-0.2, 0) is 0 Å². The minimum absolute atomic E-state index is 0.0255. The number of fused-ring (bicyclic) bond motifs is 1. The Morgan fingerprint density at radius 2 is 2.15 bits per heavy atom. The summed E-state index contributed by atoms with van der Waals surface area (Å²) < 4.78 is 0. The number of nitrogens with zero attached hydrogens (tertiary/aromatic N) is 1. The Morgan fingerprint density at radius 1 is 1.30 bits per heavy atom. The summed E-state index contributed by atoms with van der Waals surface area (Å²) in [5.74, 6) is -0.0255. The van der Waals surface area contributed by atoms with Gasteiger partial charge in [-0.3, -0.25) is 9.69 Å². The maximum Gasteiger partial charge on any atom is 0.251 e. The quantitative estimate of drug-likeness (QED) is 0.885. The number of hydrogen-bond donors (Lipinski definition) is 2. The van der Waals surface area contributed by atoms with E-state index in [1.54, 1.807) is 7.05 Å². The summed E-state index contributed by atoms with van der Waals surface area (Å²) in [5.41, 5.74) is 3.03. The molecular weight excluding hydrogens is 250 g/mol. The lowest BCUT2D eigenvalue weighted by Gasteiger charge is -2.23. The Labute approximate surface area is 120 Å². The first kappa shape index (κ1) is 13.4. The number of carbonyl (C=O) groups excluding carboxylic acids is 1. The lowest BCUT2D eigenvalue weighted by molar-refractivity contribution is 0.0963. The van der Waals surface area contributed by atoms with Crippen LogP contribution in [0.25, 0.3) is 0 Å². The van der Waals surface area contributed by atoms with Crippen molar-refractivity contribution in [1.82, 2.24) is 10.2 Å². The minimum atomic E-state index is -0.0255. The van der Waals surface area contributed by atoms with Crippen molar-refractivity contribution in [2.24, 2.45) is 0 Å². The zero-order valence-corrected chi connectivity index (χ0v) is 12.3. The van der Waals surface area contributed by atoms with Crippen LogP contribution in [0, 0.1) is 6.92 Å². The first-order chi connectivity index (χ1) is 9.69. The fraction of sp³-hybridized carbons (Fsp3) is 0.562. The van der Waals surface area contributed by atoms with Gasteiger partial charge in [0.05, 0.1) is 0 Å². The third kappa shape index (κ3) is 2.40. The molecule has 2 saturated heterocycles. The zero-order chi connectivity index (χ0) is 14.1. The maximum absolute atomic E-state index is 11.6. The molecule has 3 rings (SSSR count). The van der Waals surface area contributed by atoms with Gasteiger partial charge in [-0.1, -0.05) is 0 Å². The molecule has 4 nitrogen and oxygen atoms in total. The summed E-state index contributed by atoms with van der Waals surface area (Å²) in [6.07, 6.45) is 3.87. The summed E-state index contributed by atoms with van der Waals surface area (Å²) >= 11 is 0. The summed E-state index contributed by atoms with van der Waals surface area (Å²) in [5, 5.41) is 6.36. The molecule has 0 saturated carbocycles. The predicted molar refractivity (Wildman–Crippen MR) is 81.2 cm³/mol. The van der Waals surface area contributed by atoms with E-state index in [-0.39, 0.29) is 5.91 Å². The van der Waals surface area contributed by atoms with Crippen molar-refractivity contribution >= 4 is 11.6 Å². The van der Waals surface area contributed by atoms with Gasteiger partial charge in [-0.05, 0) is 56.5 Å². The topological polar surface area (TPSA) is 44.4 Å². The molecule has 20 heavy (non-hydrogen) atoms. The standard InChI is InChI=1S/C16H23N3O/c1-11-10-12(16(20)17-2)5-6-13(11)18-14-7-9-19-8-3-4-15(14)19/h5-6,10,14-15,18H,3-4,7-9H2,1-2H3,(H,17,20). The van der Waals surface area contributed by atoms with Gasteiger partial charge in [0.1, 0.15) is 0 Å². The van der Waals surface area contributed by atoms with E-state index in [0.717, 1.165) is 16.8 Å². The van der Waals surface area contributed by atoms with E-state index in [1.165, 1.54) is 32.4 Å². The summed E-state index contributed by atoms with van der Waals surface area (Å²) in [7, 11) is 1.66. The number of anilines is 1. The van der Waals surface area contributed by atoms with E-state index in [2.05, 4.69) is 22.5 Å². The molecule has 2 aliphatic rings. The van der Waals surface area contributed by atoms with Crippen molar-refractivity contribution in [3.63, 3.8) is 0 Å². The van der Waals surface area contributed by atoms with Crippen LogP contribution in [0.4, 0.5) is 5.69 Å². The smallest absolute Gasteiger partial charge is 0.251 e. The molecule has 0 aromatic heterocycles. The molecule has 2 N–H and O–H groups in total. The lowest BCUT2D eigenvalue weighted by Crippen LogP contribution is -2.33. The number of rotatable bonds is 3. The zero-order valence-electron chi connectivity index (χ0n) is 12.3. The Morgan fingerprint density at radius 3 is 2.90 bits per heavy atom. The molecule has 2 fully saturated rings. The molecule has 108 valence electrons. The number of aryl methyl sites for hydroxylation is 1. The second kappa shape index (κ2) is 5.44. The number of benzene rings is 1. The second-order valence-electron chi connectivity index (χ2n) is 5.89. The van der Waals surface area contributed by atoms with Gasteiger partial charge in [0.2, 0.25) is 0 Å². The molecular formula is C16H23N3O. The summed E-state index contributed by atoms with van der Waals surface area (Å²) in [6.45, 7) is 4.55. The third-order valence-electron chi connectivity index (χ3n) is 4.66. The van der Waals surface area contributed by atoms with Crippen molar-refractivity contribution < 1.29 is 4.79 Å². The Hall–Kier alpha value is -1.55. The van der Waals surface area contributed by atoms with Crippen LogP contribution in [0.3, 0.4) is 0 Å². The molecule has 0 spiro atoms. The van der Waals surface area contributed by atoms with E-state index in [1.807, 2.05) is 18.2 Å². The van der Waals surface area contributed by atoms with Gasteiger partial charge in [-0.15, -0.1) is 0 Å². The van der Waals surface area contributed by atoms with Gasteiger partial charge in [0.25, 0.3) is 5.91 Å². The third-order valence-corrected chi connectivity index (χ3v) is 4.66. The molecule has 2 atom stereocenters. The van der Waals surface area contributed by atoms with Gasteiger partial charge in [0.15, 0.2) is 0 Å². The van der Waals surface area contributed by atoms with E-state index in [9.17, 15) is 4.79 Å². The molecule has 1 amide bonds. The normalized spacial score (nSPS) is 25.5. The fourth-order valence-corrected chi connectivity index (χ4v) is 3.56. The molecule has 2 unspecified atom stereocenters. The van der Waals surface area contributed by atoms with E-state index < -0.39 is 0 Å². The molecule has 0 bridgehead atoms. The Kier molecular flexibility index (Phi) is 3.66. The highest BCUT2D eigenvalue weighted by molar-refractivity contribution is 5.94. The number of nitrogens with one attached hydrogen (secondary N) is 2. The Bertz CT molecular complexity index is 514. The second-order valence-corrected chi connectivity index (χ2v) is 5.89. The number of amides is 1. The van der Waals surface area contributed by atoms with Crippen molar-refractivity contribution in [2.75, 3.05) is 25.5 Å². The van der Waals surface area contributed by atoms with Crippen molar-refractivity contribution in [2.45, 2.75) is 38.3 Å². The largest absolute Gasteiger partial charge is 0.380 e. The predicted octanol–water partition coefficient (Wildman–Crippen LogP) is 2.00. The SMILES string of the molecule is CNC(=O)c1ccc(NC2CCN3CCCC23)c(C)c1. The molecule has 1 aromatic rings. The molecule has 0 radical (unpaired) electrons. The van der Waals surface area contributed by atoms with Gasteiger partial charge in [-0.25, -0.2) is 0 Å². The Balaban J connectivity index is 1.73. The van der Waals surface area contributed by atoms with Crippen molar-refractivity contribution in [3.05, 3.63) is 29.3 Å². The van der Waals surface area contributed by atoms with Crippen LogP contribution in [0.2, 0.25) is 0 Å². The summed E-state index contributed by atoms with van der Waals surface area (Å²) in [4.78, 5) is 14.2. The minimum Gasteiger partial charge on any atom is -0.380 e. The highest BCUT2D eigenvalue weighted by Crippen LogP contribution is 2.31. The highest BCUT2D eigenvalue weighted by Gasteiger charge is 2.37. The molecule has 4 heteroatoms. The molecule has 1 aromatic carbocycles. The summed E-state index contributed by atoms with van der Waals surface area (Å²) in [6, 6.07) is 7.16. The molecule has 0 aliphatic carbocycles. The average molecular weight is 273 g/mol. The highest BCUT2D eigenvalue weighted by atomic mass is 16.1. The van der Waals surface area contributed by atoms with Crippen molar-refractivity contribution in [3.8, 4) is 0 Å². The lowest BCUT2D eigenvalue weighted by atomic mass is 10.0. The van der Waals surface area contributed by atoms with Crippen LogP contribution >= 0.6 is 0 Å². The van der Waals surface area contributed by atoms with E-state index in [0.29, 0.717) is 12.1 Å². The van der Waals surface area contributed by atoms with Crippen LogP contribution in [0.1, 0.15) is 35.2 Å². The van der Waals surface area contributed by atoms with Crippen LogP contribution < -0.4 is 10.6 Å². The van der Waals surface area contributed by atoms with Gasteiger partial charge >= 0.3 is 0 Å². The van der Waals surface area contributed by atoms with Gasteiger partial charge in [0, 0.05) is 36.9 Å². The number of carbonyl (C=O) groups is 1. The molecule has 2 heterocycles. The van der Waals surface area contributed by atoms with Crippen LogP contribution in [0.15, 0.2) is 18.2 Å². The maximum atomic E-state index is 11.6. The number of hydrogen-bond acceptors (Lipinski definition) is 3. The van der Waals surface area contributed by atoms with Crippen molar-refractivity contribution in [1.29, 1.82) is 0 Å². The van der Waals surface area contributed by atoms with E-state index in [4.69, 9.17) is 0 Å². The van der Waals surface area contributed by atoms with Gasteiger partial charge < -0.3 is 10.6 Å². The first-order valence-electron chi connectivity index (χ1n) is 7.52. The fourth-order valence-electron chi connectivity index (χ4n) is 3.56. The van der Waals surface area contributed by atoms with Crippen LogP contribution in [-0.4, -0.2) is 43.0 Å².